The number of ether oxygens (including phenoxy) is 2. The summed E-state index contributed by atoms with van der Waals surface area (Å²) in [6, 6.07) is 20.3. The number of aliphatic hydroxyl groups is 1. The summed E-state index contributed by atoms with van der Waals surface area (Å²) < 4.78 is 43.0. The molecule has 3 aliphatic heterocycles. The van der Waals surface area contributed by atoms with Crippen molar-refractivity contribution in [2.75, 3.05) is 62.7 Å². The van der Waals surface area contributed by atoms with E-state index in [-0.39, 0.29) is 39.4 Å². The highest BCUT2D eigenvalue weighted by Gasteiger charge is 2.50. The third kappa shape index (κ3) is 10.1. The minimum absolute atomic E-state index is 0.0511. The standard InChI is InChI=1S/C55H68N10O8S/c1-35(2)42-6-4-5-7-43(42)46-33-63(38-13-24-72-25-14-38)22-23-64(46)40-29-55(30-40)17-20-62(21-18-55)39-8-9-44(47(27-39)73-41-26-37-12-19-56-52(37)58-32-41)53(66)61-74(70,71)48-28-45(65(68)69)49(51-50(48)59-34-60-51)57-31-36-10-15-54(3,67)16-11-36/h4-9,12,19,26-28,32,34-36,38,40,46,57,67H,10-11,13-18,20-25,29-31,33H2,1-3H3,(H,56,58)(H,59,60)(H,61,66). The predicted molar refractivity (Wildman–Crippen MR) is 283 cm³/mol. The predicted octanol–water partition coefficient (Wildman–Crippen LogP) is 9.02. The van der Waals surface area contributed by atoms with Crippen LogP contribution in [-0.2, 0) is 14.8 Å². The Labute approximate surface area is 431 Å². The van der Waals surface area contributed by atoms with Crippen molar-refractivity contribution in [3.05, 3.63) is 106 Å². The molecule has 1 spiro atoms. The molecular formula is C55H68N10O8S. The van der Waals surface area contributed by atoms with Crippen LogP contribution in [-0.4, -0.2) is 124 Å². The molecule has 1 atom stereocenters. The molecule has 11 rings (SSSR count). The Morgan fingerprint density at radius 2 is 1.73 bits per heavy atom. The number of piperazine rings is 1. The molecule has 18 nitrogen and oxygen atoms in total. The highest BCUT2D eigenvalue weighted by molar-refractivity contribution is 7.90. The van der Waals surface area contributed by atoms with Crippen molar-refractivity contribution >= 4 is 55.1 Å². The molecule has 19 heteroatoms. The zero-order valence-corrected chi connectivity index (χ0v) is 43.3. The third-order valence-corrected chi connectivity index (χ3v) is 18.4. The number of fused-ring (bicyclic) bond motifs is 2. The van der Waals surface area contributed by atoms with Crippen molar-refractivity contribution in [3.8, 4) is 11.5 Å². The first-order valence-electron chi connectivity index (χ1n) is 26.5. The van der Waals surface area contributed by atoms with Crippen LogP contribution in [0.4, 0.5) is 17.1 Å². The number of pyridine rings is 1. The molecule has 3 aromatic carbocycles. The molecule has 3 saturated heterocycles. The van der Waals surface area contributed by atoms with E-state index in [4.69, 9.17) is 9.47 Å². The van der Waals surface area contributed by atoms with Crippen LogP contribution in [0.1, 0.15) is 118 Å². The Hall–Kier alpha value is -6.12. The number of sulfonamides is 1. The van der Waals surface area contributed by atoms with Crippen molar-refractivity contribution in [1.29, 1.82) is 0 Å². The largest absolute Gasteiger partial charge is 0.455 e. The van der Waals surface area contributed by atoms with E-state index in [0.29, 0.717) is 54.8 Å². The van der Waals surface area contributed by atoms with E-state index in [0.717, 1.165) is 114 Å². The van der Waals surface area contributed by atoms with Gasteiger partial charge in [0, 0.05) is 100 Å². The molecule has 1 unspecified atom stereocenters. The summed E-state index contributed by atoms with van der Waals surface area (Å²) in [4.78, 5) is 48.3. The fraction of sp³-hybridized carbons (Fsp3) is 0.509. The fourth-order valence-electron chi connectivity index (χ4n) is 12.7. The van der Waals surface area contributed by atoms with Gasteiger partial charge in [-0.3, -0.25) is 24.7 Å². The number of amides is 1. The number of carbonyl (C=O) groups excluding carboxylic acids is 1. The number of nitrogens with zero attached hydrogens (tertiary/aromatic N) is 6. The summed E-state index contributed by atoms with van der Waals surface area (Å²) >= 11 is 0. The van der Waals surface area contributed by atoms with Gasteiger partial charge in [-0.05, 0) is 124 Å². The van der Waals surface area contributed by atoms with E-state index in [2.05, 4.69) is 82.8 Å². The number of anilines is 2. The van der Waals surface area contributed by atoms with Crippen LogP contribution in [0, 0.1) is 21.4 Å². The number of imidazole rings is 1. The van der Waals surface area contributed by atoms with Crippen molar-refractivity contribution in [1.82, 2.24) is 34.5 Å². The van der Waals surface area contributed by atoms with Crippen LogP contribution in [0.3, 0.4) is 0 Å². The topological polar surface area (TPSA) is 224 Å². The molecular weight excluding hydrogens is 961 g/mol. The Morgan fingerprint density at radius 1 is 0.959 bits per heavy atom. The molecule has 74 heavy (non-hydrogen) atoms. The second-order valence-electron chi connectivity index (χ2n) is 22.2. The lowest BCUT2D eigenvalue weighted by Gasteiger charge is -2.59. The lowest BCUT2D eigenvalue weighted by molar-refractivity contribution is -0.384. The number of benzene rings is 3. The van der Waals surface area contributed by atoms with E-state index in [9.17, 15) is 28.4 Å². The van der Waals surface area contributed by atoms with Crippen LogP contribution in [0.5, 0.6) is 11.5 Å². The van der Waals surface area contributed by atoms with Crippen molar-refractivity contribution in [3.63, 3.8) is 0 Å². The number of nitro benzene ring substituents is 1. The van der Waals surface area contributed by atoms with Gasteiger partial charge in [-0.1, -0.05) is 38.1 Å². The van der Waals surface area contributed by atoms with E-state index >= 15 is 0 Å². The molecule has 0 radical (unpaired) electrons. The van der Waals surface area contributed by atoms with Gasteiger partial charge in [-0.2, -0.15) is 0 Å². The van der Waals surface area contributed by atoms with Gasteiger partial charge in [-0.15, -0.1) is 0 Å². The van der Waals surface area contributed by atoms with Crippen molar-refractivity contribution < 1.29 is 32.7 Å². The lowest BCUT2D eigenvalue weighted by Crippen LogP contribution is -2.61. The Balaban J connectivity index is 0.810. The second kappa shape index (κ2) is 20.2. The number of hydrogen-bond acceptors (Lipinski definition) is 14. The van der Waals surface area contributed by atoms with E-state index in [1.165, 1.54) is 17.5 Å². The summed E-state index contributed by atoms with van der Waals surface area (Å²) in [6.07, 6.45) is 13.8. The molecule has 2 aliphatic carbocycles. The summed E-state index contributed by atoms with van der Waals surface area (Å²) in [5.41, 5.74) is 3.53. The zero-order chi connectivity index (χ0) is 51.4. The Morgan fingerprint density at radius 3 is 2.49 bits per heavy atom. The van der Waals surface area contributed by atoms with Gasteiger partial charge in [0.2, 0.25) is 0 Å². The first-order chi connectivity index (χ1) is 35.6. The van der Waals surface area contributed by atoms with Crippen LogP contribution in [0.15, 0.2) is 84.3 Å². The molecule has 3 aromatic heterocycles. The number of carbonyl (C=O) groups is 1. The maximum Gasteiger partial charge on any atom is 0.296 e. The van der Waals surface area contributed by atoms with Crippen LogP contribution in [0.25, 0.3) is 22.1 Å². The summed E-state index contributed by atoms with van der Waals surface area (Å²) in [5.74, 6) is 0.0819. The van der Waals surface area contributed by atoms with Gasteiger partial charge in [0.25, 0.3) is 21.6 Å². The van der Waals surface area contributed by atoms with E-state index < -0.39 is 37.0 Å². The number of aromatic nitrogens is 4. The van der Waals surface area contributed by atoms with Crippen LogP contribution in [0.2, 0.25) is 0 Å². The average Bonchev–Trinajstić information content (AvgIpc) is 4.08. The van der Waals surface area contributed by atoms with Gasteiger partial charge in [-0.25, -0.2) is 23.1 Å². The number of piperidine rings is 1. The SMILES string of the molecule is CC(C)c1ccccc1C1CN(C2CCOCC2)CCN1C1CC2(CCN(c3ccc(C(=O)NS(=O)(=O)c4cc([N+](=O)[O-])c(NCC5CCC(C)(O)CC5)c5[nH]cnc45)c(Oc4cnc5[nH]ccc5c4)c3)CC2)C1. The first kappa shape index (κ1) is 50.1. The molecule has 2 saturated carbocycles. The first-order valence-corrected chi connectivity index (χ1v) is 28.0. The molecule has 6 aromatic rings. The minimum Gasteiger partial charge on any atom is -0.455 e. The van der Waals surface area contributed by atoms with Gasteiger partial charge in [0.05, 0.1) is 34.1 Å². The quantitative estimate of drug-likeness (QED) is 0.0507. The number of nitro groups is 1. The van der Waals surface area contributed by atoms with Crippen LogP contribution >= 0.6 is 0 Å². The summed E-state index contributed by atoms with van der Waals surface area (Å²) in [6.45, 7) is 13.3. The zero-order valence-electron chi connectivity index (χ0n) is 42.5. The van der Waals surface area contributed by atoms with Gasteiger partial charge >= 0.3 is 0 Å². The monoisotopic (exact) mass is 1030 g/mol. The number of nitrogens with one attached hydrogen (secondary N) is 4. The van der Waals surface area contributed by atoms with E-state index in [1.807, 2.05) is 19.1 Å². The Bertz CT molecular complexity index is 3140. The highest BCUT2D eigenvalue weighted by Crippen LogP contribution is 2.54. The summed E-state index contributed by atoms with van der Waals surface area (Å²) in [7, 11) is -4.76. The van der Waals surface area contributed by atoms with Crippen LogP contribution < -0.4 is 19.7 Å². The highest BCUT2D eigenvalue weighted by atomic mass is 32.2. The molecule has 6 heterocycles. The number of H-pyrrole nitrogens is 2. The molecule has 5 aliphatic rings. The molecule has 0 bridgehead atoms. The minimum atomic E-state index is -4.76. The maximum absolute atomic E-state index is 14.3. The Kier molecular flexibility index (Phi) is 13.7. The number of hydrogen-bond donors (Lipinski definition) is 5. The number of aromatic amines is 2. The molecule has 5 N–H and O–H groups in total. The molecule has 392 valence electrons. The number of rotatable bonds is 14. The molecule has 5 fully saturated rings. The summed E-state index contributed by atoms with van der Waals surface area (Å²) in [5, 5.41) is 27.0. The van der Waals surface area contributed by atoms with E-state index in [1.54, 1.807) is 30.6 Å². The smallest absolute Gasteiger partial charge is 0.296 e. The second-order valence-corrected chi connectivity index (χ2v) is 23.9. The van der Waals surface area contributed by atoms with Gasteiger partial charge in [0.15, 0.2) is 0 Å². The van der Waals surface area contributed by atoms with Crippen molar-refractivity contribution in [2.45, 2.75) is 120 Å². The normalized spacial score (nSPS) is 23.3. The third-order valence-electron chi connectivity index (χ3n) is 17.1. The lowest BCUT2D eigenvalue weighted by atomic mass is 9.59. The maximum atomic E-state index is 14.3. The fourth-order valence-corrected chi connectivity index (χ4v) is 13.9. The van der Waals surface area contributed by atoms with Gasteiger partial charge < -0.3 is 34.8 Å². The average molecular weight is 1030 g/mol. The van der Waals surface area contributed by atoms with Crippen molar-refractivity contribution in [2.24, 2.45) is 11.3 Å². The molecule has 1 amide bonds. The van der Waals surface area contributed by atoms with Gasteiger partial charge in [0.1, 0.15) is 33.2 Å².